The summed E-state index contributed by atoms with van der Waals surface area (Å²) in [6.07, 6.45) is 5.47. The predicted octanol–water partition coefficient (Wildman–Crippen LogP) is 4.41. The lowest BCUT2D eigenvalue weighted by Crippen LogP contribution is -1.97. The minimum atomic E-state index is 0.927. The number of nitrogens with zero attached hydrogens (tertiary/aromatic N) is 2. The van der Waals surface area contributed by atoms with E-state index in [2.05, 4.69) is 58.5 Å². The standard InChI is InChI=1S/C20H17N3/c1-3-7-18(20-13-21-14-22-20)15(5-1)9-11-17-12-10-16-6-2-4-8-19(16)23-17/h1-8,10,12-14H,9,11H2,(H,21,22). The summed E-state index contributed by atoms with van der Waals surface area (Å²) in [7, 11) is 0. The maximum Gasteiger partial charge on any atom is 0.0924 e. The van der Waals surface area contributed by atoms with Gasteiger partial charge in [0.15, 0.2) is 0 Å². The number of rotatable bonds is 4. The number of nitrogens with one attached hydrogen (secondary N) is 1. The lowest BCUT2D eigenvalue weighted by molar-refractivity contribution is 0.923. The molecule has 0 aliphatic heterocycles. The van der Waals surface area contributed by atoms with E-state index in [4.69, 9.17) is 4.98 Å². The molecule has 0 amide bonds. The van der Waals surface area contributed by atoms with Gasteiger partial charge in [-0.15, -0.1) is 0 Å². The molecule has 0 spiro atoms. The maximum atomic E-state index is 4.76. The van der Waals surface area contributed by atoms with Crippen LogP contribution in [0, 0.1) is 0 Å². The largest absolute Gasteiger partial charge is 0.345 e. The highest BCUT2D eigenvalue weighted by atomic mass is 14.9. The zero-order chi connectivity index (χ0) is 15.5. The van der Waals surface area contributed by atoms with Gasteiger partial charge in [-0.05, 0) is 30.5 Å². The molecule has 23 heavy (non-hydrogen) atoms. The van der Waals surface area contributed by atoms with E-state index in [1.165, 1.54) is 16.5 Å². The van der Waals surface area contributed by atoms with Gasteiger partial charge in [-0.3, -0.25) is 4.98 Å². The molecule has 1 N–H and O–H groups in total. The number of hydrogen-bond acceptors (Lipinski definition) is 2. The van der Waals surface area contributed by atoms with Gasteiger partial charge >= 0.3 is 0 Å². The van der Waals surface area contributed by atoms with Gasteiger partial charge in [-0.25, -0.2) is 4.98 Å². The number of aryl methyl sites for hydroxylation is 2. The Bertz CT molecular complexity index is 926. The van der Waals surface area contributed by atoms with Crippen LogP contribution in [0.25, 0.3) is 22.2 Å². The van der Waals surface area contributed by atoms with E-state index in [0.717, 1.165) is 29.7 Å². The molecule has 0 saturated heterocycles. The van der Waals surface area contributed by atoms with E-state index in [1.54, 1.807) is 6.33 Å². The van der Waals surface area contributed by atoms with Gasteiger partial charge in [-0.2, -0.15) is 0 Å². The maximum absolute atomic E-state index is 4.76. The average molecular weight is 299 g/mol. The summed E-state index contributed by atoms with van der Waals surface area (Å²) in [5.41, 5.74) is 5.78. The number of pyridine rings is 1. The van der Waals surface area contributed by atoms with Gasteiger partial charge in [0.1, 0.15) is 0 Å². The summed E-state index contributed by atoms with van der Waals surface area (Å²) in [4.78, 5) is 12.1. The summed E-state index contributed by atoms with van der Waals surface area (Å²) in [6.45, 7) is 0. The van der Waals surface area contributed by atoms with Crippen molar-refractivity contribution in [3.05, 3.63) is 84.4 Å². The normalized spacial score (nSPS) is 11.0. The first kappa shape index (κ1) is 13.7. The quantitative estimate of drug-likeness (QED) is 0.606. The molecule has 0 radical (unpaired) electrons. The summed E-state index contributed by atoms with van der Waals surface area (Å²) in [6, 6.07) is 21.0. The topological polar surface area (TPSA) is 41.6 Å². The van der Waals surface area contributed by atoms with Crippen LogP contribution in [0.4, 0.5) is 0 Å². The fraction of sp³-hybridized carbons (Fsp3) is 0.100. The van der Waals surface area contributed by atoms with Gasteiger partial charge in [0.2, 0.25) is 0 Å². The summed E-state index contributed by atoms with van der Waals surface area (Å²) in [5.74, 6) is 0. The van der Waals surface area contributed by atoms with Crippen molar-refractivity contribution in [2.45, 2.75) is 12.8 Å². The Hall–Kier alpha value is -2.94. The van der Waals surface area contributed by atoms with E-state index in [9.17, 15) is 0 Å². The highest BCUT2D eigenvalue weighted by Crippen LogP contribution is 2.22. The first-order valence-electron chi connectivity index (χ1n) is 7.81. The average Bonchev–Trinajstić information content (AvgIpc) is 3.14. The van der Waals surface area contributed by atoms with Crippen LogP contribution in [0.2, 0.25) is 0 Å². The molecule has 0 atom stereocenters. The lowest BCUT2D eigenvalue weighted by Gasteiger charge is -2.08. The molecule has 0 aliphatic rings. The van der Waals surface area contributed by atoms with Crippen LogP contribution in [0.15, 0.2) is 73.2 Å². The Morgan fingerprint density at radius 2 is 1.70 bits per heavy atom. The van der Waals surface area contributed by atoms with Gasteiger partial charge < -0.3 is 4.98 Å². The first-order chi connectivity index (χ1) is 11.4. The smallest absolute Gasteiger partial charge is 0.0924 e. The van der Waals surface area contributed by atoms with Crippen LogP contribution in [0.3, 0.4) is 0 Å². The van der Waals surface area contributed by atoms with E-state index in [0.29, 0.717) is 0 Å². The third kappa shape index (κ3) is 2.86. The third-order valence-electron chi connectivity index (χ3n) is 4.11. The molecule has 2 heterocycles. The molecule has 3 heteroatoms. The van der Waals surface area contributed by atoms with Crippen LogP contribution in [0.1, 0.15) is 11.3 Å². The monoisotopic (exact) mass is 299 g/mol. The van der Waals surface area contributed by atoms with Crippen LogP contribution < -0.4 is 0 Å². The third-order valence-corrected chi connectivity index (χ3v) is 4.11. The van der Waals surface area contributed by atoms with Gasteiger partial charge in [0.05, 0.1) is 23.7 Å². The van der Waals surface area contributed by atoms with Crippen LogP contribution >= 0.6 is 0 Å². The molecular weight excluding hydrogens is 282 g/mol. The minimum Gasteiger partial charge on any atom is -0.345 e. The number of imidazole rings is 1. The number of aromatic nitrogens is 3. The van der Waals surface area contributed by atoms with Crippen molar-refractivity contribution in [3.8, 4) is 11.3 Å². The molecule has 0 bridgehead atoms. The summed E-state index contributed by atoms with van der Waals surface area (Å²) in [5, 5.41) is 1.19. The zero-order valence-electron chi connectivity index (χ0n) is 12.7. The highest BCUT2D eigenvalue weighted by molar-refractivity contribution is 5.78. The molecule has 112 valence electrons. The van der Waals surface area contributed by atoms with Crippen molar-refractivity contribution in [2.24, 2.45) is 0 Å². The van der Waals surface area contributed by atoms with Crippen molar-refractivity contribution in [1.29, 1.82) is 0 Å². The van der Waals surface area contributed by atoms with Gasteiger partial charge in [0.25, 0.3) is 0 Å². The molecule has 2 aromatic heterocycles. The van der Waals surface area contributed by atoms with Crippen LogP contribution in [0.5, 0.6) is 0 Å². The molecule has 4 aromatic rings. The fourth-order valence-electron chi connectivity index (χ4n) is 2.91. The van der Waals surface area contributed by atoms with E-state index >= 15 is 0 Å². The lowest BCUT2D eigenvalue weighted by atomic mass is 9.99. The minimum absolute atomic E-state index is 0.927. The van der Waals surface area contributed by atoms with Crippen molar-refractivity contribution < 1.29 is 0 Å². The van der Waals surface area contributed by atoms with Crippen molar-refractivity contribution in [3.63, 3.8) is 0 Å². The molecule has 0 saturated carbocycles. The molecule has 0 unspecified atom stereocenters. The summed E-state index contributed by atoms with van der Waals surface area (Å²) < 4.78 is 0. The predicted molar refractivity (Wildman–Crippen MR) is 93.2 cm³/mol. The van der Waals surface area contributed by atoms with Crippen molar-refractivity contribution >= 4 is 10.9 Å². The Morgan fingerprint density at radius 1 is 0.826 bits per heavy atom. The van der Waals surface area contributed by atoms with Crippen molar-refractivity contribution in [1.82, 2.24) is 15.0 Å². The second-order valence-corrected chi connectivity index (χ2v) is 5.62. The molecule has 2 aromatic carbocycles. The molecule has 0 fully saturated rings. The fourth-order valence-corrected chi connectivity index (χ4v) is 2.91. The first-order valence-corrected chi connectivity index (χ1v) is 7.81. The molecule has 3 nitrogen and oxygen atoms in total. The van der Waals surface area contributed by atoms with Crippen LogP contribution in [-0.2, 0) is 12.8 Å². The second-order valence-electron chi connectivity index (χ2n) is 5.62. The number of fused-ring (bicyclic) bond motifs is 1. The van der Waals surface area contributed by atoms with Crippen LogP contribution in [-0.4, -0.2) is 15.0 Å². The second kappa shape index (κ2) is 6.05. The van der Waals surface area contributed by atoms with Gasteiger partial charge in [0, 0.05) is 16.6 Å². The van der Waals surface area contributed by atoms with Gasteiger partial charge in [-0.1, -0.05) is 48.5 Å². The zero-order valence-corrected chi connectivity index (χ0v) is 12.7. The van der Waals surface area contributed by atoms with E-state index in [1.807, 2.05) is 18.3 Å². The van der Waals surface area contributed by atoms with Crippen molar-refractivity contribution in [2.75, 3.05) is 0 Å². The molecule has 4 rings (SSSR count). The number of benzene rings is 2. The van der Waals surface area contributed by atoms with E-state index < -0.39 is 0 Å². The molecular formula is C20H17N3. The number of hydrogen-bond donors (Lipinski definition) is 1. The highest BCUT2D eigenvalue weighted by Gasteiger charge is 2.06. The Morgan fingerprint density at radius 3 is 2.61 bits per heavy atom. The Balaban J connectivity index is 1.59. The summed E-state index contributed by atoms with van der Waals surface area (Å²) >= 11 is 0. The number of para-hydroxylation sites is 1. The van der Waals surface area contributed by atoms with E-state index in [-0.39, 0.29) is 0 Å². The number of H-pyrrole nitrogens is 1. The Kier molecular flexibility index (Phi) is 3.60. The molecule has 0 aliphatic carbocycles. The Labute approximate surface area is 135 Å². The number of aromatic amines is 1. The SMILES string of the molecule is c1ccc(-c2cnc[nH]2)c(CCc2ccc3ccccc3n2)c1.